The third-order valence-electron chi connectivity index (χ3n) is 2.50. The van der Waals surface area contributed by atoms with Crippen molar-refractivity contribution in [2.24, 2.45) is 0 Å². The van der Waals surface area contributed by atoms with Crippen LogP contribution in [0.5, 0.6) is 0 Å². The van der Waals surface area contributed by atoms with E-state index in [9.17, 15) is 4.39 Å². The summed E-state index contributed by atoms with van der Waals surface area (Å²) in [5.74, 6) is -0.439. The van der Waals surface area contributed by atoms with E-state index in [1.165, 1.54) is 17.4 Å². The second kappa shape index (κ2) is 5.73. The van der Waals surface area contributed by atoms with E-state index in [4.69, 9.17) is 11.6 Å². The minimum Gasteiger partial charge on any atom is -0.308 e. The van der Waals surface area contributed by atoms with E-state index in [1.54, 1.807) is 12.1 Å². The molecule has 2 aromatic rings. The Kier molecular flexibility index (Phi) is 4.27. The van der Waals surface area contributed by atoms with Crippen molar-refractivity contribution in [2.75, 3.05) is 6.54 Å². The number of rotatable bonds is 4. The summed E-state index contributed by atoms with van der Waals surface area (Å²) < 4.78 is 13.4. The lowest BCUT2D eigenvalue weighted by atomic mass is 10.2. The quantitative estimate of drug-likeness (QED) is 0.931. The SMILES string of the molecule is CCNC(C)c1nnc(-c2cccc(F)c2Cl)s1. The molecule has 3 nitrogen and oxygen atoms in total. The maximum atomic E-state index is 13.4. The van der Waals surface area contributed by atoms with Crippen LogP contribution in [0.4, 0.5) is 4.39 Å². The van der Waals surface area contributed by atoms with Gasteiger partial charge in [0.15, 0.2) is 0 Å². The third kappa shape index (κ3) is 2.68. The van der Waals surface area contributed by atoms with Gasteiger partial charge in [-0.3, -0.25) is 0 Å². The molecule has 96 valence electrons. The van der Waals surface area contributed by atoms with Gasteiger partial charge in [0.1, 0.15) is 15.8 Å². The topological polar surface area (TPSA) is 37.8 Å². The first-order valence-corrected chi connectivity index (χ1v) is 6.84. The Morgan fingerprint density at radius 2 is 2.22 bits per heavy atom. The Labute approximate surface area is 114 Å². The number of benzene rings is 1. The van der Waals surface area contributed by atoms with E-state index in [0.29, 0.717) is 10.6 Å². The molecule has 0 amide bonds. The molecule has 1 unspecified atom stereocenters. The van der Waals surface area contributed by atoms with Gasteiger partial charge in [0.2, 0.25) is 0 Å². The van der Waals surface area contributed by atoms with Crippen molar-refractivity contribution in [3.8, 4) is 10.6 Å². The van der Waals surface area contributed by atoms with E-state index in [0.717, 1.165) is 11.6 Å². The van der Waals surface area contributed by atoms with Gasteiger partial charge >= 0.3 is 0 Å². The predicted molar refractivity (Wildman–Crippen MR) is 72.4 cm³/mol. The lowest BCUT2D eigenvalue weighted by molar-refractivity contribution is 0.590. The Hall–Kier alpha value is -1.04. The number of nitrogens with zero attached hydrogens (tertiary/aromatic N) is 2. The molecular formula is C12H13ClFN3S. The van der Waals surface area contributed by atoms with Gasteiger partial charge in [0.25, 0.3) is 0 Å². The molecule has 0 spiro atoms. The molecule has 1 aromatic heterocycles. The summed E-state index contributed by atoms with van der Waals surface area (Å²) in [6.07, 6.45) is 0. The van der Waals surface area contributed by atoms with E-state index in [1.807, 2.05) is 13.8 Å². The van der Waals surface area contributed by atoms with Gasteiger partial charge in [-0.25, -0.2) is 4.39 Å². The van der Waals surface area contributed by atoms with Crippen LogP contribution in [0.25, 0.3) is 10.6 Å². The highest BCUT2D eigenvalue weighted by atomic mass is 35.5. The Balaban J connectivity index is 2.32. The molecule has 2 rings (SSSR count). The van der Waals surface area contributed by atoms with Gasteiger partial charge in [-0.1, -0.05) is 42.0 Å². The van der Waals surface area contributed by atoms with E-state index >= 15 is 0 Å². The van der Waals surface area contributed by atoms with Crippen molar-refractivity contribution in [2.45, 2.75) is 19.9 Å². The molecule has 0 aliphatic heterocycles. The van der Waals surface area contributed by atoms with Crippen LogP contribution >= 0.6 is 22.9 Å². The molecule has 6 heteroatoms. The highest BCUT2D eigenvalue weighted by Gasteiger charge is 2.15. The van der Waals surface area contributed by atoms with Crippen LogP contribution in [0.2, 0.25) is 5.02 Å². The Morgan fingerprint density at radius 1 is 1.44 bits per heavy atom. The summed E-state index contributed by atoms with van der Waals surface area (Å²) in [6.45, 7) is 4.90. The summed E-state index contributed by atoms with van der Waals surface area (Å²) in [6, 6.07) is 4.82. The van der Waals surface area contributed by atoms with Crippen LogP contribution in [-0.2, 0) is 0 Å². The molecule has 1 atom stereocenters. The standard InChI is InChI=1S/C12H13ClFN3S/c1-3-15-7(2)11-16-17-12(18-11)8-5-4-6-9(14)10(8)13/h4-7,15H,3H2,1-2H3. The maximum Gasteiger partial charge on any atom is 0.149 e. The summed E-state index contributed by atoms with van der Waals surface area (Å²) >= 11 is 7.35. The van der Waals surface area contributed by atoms with Crippen LogP contribution in [0.15, 0.2) is 18.2 Å². The summed E-state index contributed by atoms with van der Waals surface area (Å²) in [4.78, 5) is 0. The van der Waals surface area contributed by atoms with Crippen molar-refractivity contribution >= 4 is 22.9 Å². The first-order chi connectivity index (χ1) is 8.63. The molecule has 0 fully saturated rings. The molecule has 1 heterocycles. The predicted octanol–water partition coefficient (Wildman–Crippen LogP) is 3.67. The second-order valence-corrected chi connectivity index (χ2v) is 5.21. The number of hydrogen-bond donors (Lipinski definition) is 1. The zero-order chi connectivity index (χ0) is 13.1. The average Bonchev–Trinajstić information content (AvgIpc) is 2.82. The largest absolute Gasteiger partial charge is 0.308 e. The third-order valence-corrected chi connectivity index (χ3v) is 4.03. The smallest absolute Gasteiger partial charge is 0.149 e. The second-order valence-electron chi connectivity index (χ2n) is 3.83. The number of hydrogen-bond acceptors (Lipinski definition) is 4. The monoisotopic (exact) mass is 285 g/mol. The van der Waals surface area contributed by atoms with Crippen LogP contribution in [0.1, 0.15) is 24.9 Å². The highest BCUT2D eigenvalue weighted by Crippen LogP contribution is 2.33. The molecule has 0 radical (unpaired) electrons. The van der Waals surface area contributed by atoms with Crippen LogP contribution < -0.4 is 5.32 Å². The maximum absolute atomic E-state index is 13.4. The molecule has 0 saturated carbocycles. The van der Waals surface area contributed by atoms with Gasteiger partial charge in [0.05, 0.1) is 11.1 Å². The molecule has 0 saturated heterocycles. The van der Waals surface area contributed by atoms with Crippen molar-refractivity contribution in [3.63, 3.8) is 0 Å². The first-order valence-electron chi connectivity index (χ1n) is 5.64. The zero-order valence-electron chi connectivity index (χ0n) is 10.1. The average molecular weight is 286 g/mol. The minimum atomic E-state index is -0.439. The molecule has 1 N–H and O–H groups in total. The zero-order valence-corrected chi connectivity index (χ0v) is 11.6. The fourth-order valence-corrected chi connectivity index (χ4v) is 2.75. The molecule has 0 bridgehead atoms. The number of halogens is 2. The van der Waals surface area contributed by atoms with Crippen molar-refractivity contribution < 1.29 is 4.39 Å². The number of aromatic nitrogens is 2. The fraction of sp³-hybridized carbons (Fsp3) is 0.333. The molecule has 0 aliphatic rings. The van der Waals surface area contributed by atoms with Gasteiger partial charge < -0.3 is 5.32 Å². The summed E-state index contributed by atoms with van der Waals surface area (Å²) in [5, 5.41) is 13.0. The summed E-state index contributed by atoms with van der Waals surface area (Å²) in [7, 11) is 0. The van der Waals surface area contributed by atoms with E-state index in [-0.39, 0.29) is 11.1 Å². The van der Waals surface area contributed by atoms with Crippen molar-refractivity contribution in [3.05, 3.63) is 34.0 Å². The summed E-state index contributed by atoms with van der Waals surface area (Å²) in [5.41, 5.74) is 0.587. The van der Waals surface area contributed by atoms with Gasteiger partial charge in [0, 0.05) is 5.56 Å². The van der Waals surface area contributed by atoms with Crippen molar-refractivity contribution in [1.82, 2.24) is 15.5 Å². The Bertz CT molecular complexity index is 544. The van der Waals surface area contributed by atoms with Gasteiger partial charge in [-0.15, -0.1) is 10.2 Å². The molecule has 0 aliphatic carbocycles. The normalized spacial score (nSPS) is 12.7. The highest BCUT2D eigenvalue weighted by molar-refractivity contribution is 7.14. The Morgan fingerprint density at radius 3 is 2.94 bits per heavy atom. The van der Waals surface area contributed by atoms with Crippen LogP contribution in [0, 0.1) is 5.82 Å². The van der Waals surface area contributed by atoms with E-state index in [2.05, 4.69) is 15.5 Å². The van der Waals surface area contributed by atoms with Crippen LogP contribution in [-0.4, -0.2) is 16.7 Å². The lowest BCUT2D eigenvalue weighted by Crippen LogP contribution is -2.17. The minimum absolute atomic E-state index is 0.0938. The van der Waals surface area contributed by atoms with E-state index < -0.39 is 5.82 Å². The number of nitrogens with one attached hydrogen (secondary N) is 1. The van der Waals surface area contributed by atoms with Gasteiger partial charge in [-0.2, -0.15) is 0 Å². The van der Waals surface area contributed by atoms with Gasteiger partial charge in [-0.05, 0) is 19.5 Å². The fourth-order valence-electron chi connectivity index (χ4n) is 1.58. The molecular weight excluding hydrogens is 273 g/mol. The van der Waals surface area contributed by atoms with Crippen molar-refractivity contribution in [1.29, 1.82) is 0 Å². The first kappa shape index (κ1) is 13.4. The lowest BCUT2D eigenvalue weighted by Gasteiger charge is -2.06. The van der Waals surface area contributed by atoms with Crippen LogP contribution in [0.3, 0.4) is 0 Å². The molecule has 1 aromatic carbocycles. The molecule has 18 heavy (non-hydrogen) atoms.